The average Bonchev–Trinajstić information content (AvgIpc) is 3.34. The molecule has 0 bridgehead atoms. The summed E-state index contributed by atoms with van der Waals surface area (Å²) < 4.78 is 2.03. The van der Waals surface area contributed by atoms with Crippen molar-refractivity contribution in [3.63, 3.8) is 0 Å². The van der Waals surface area contributed by atoms with Crippen molar-refractivity contribution in [2.75, 3.05) is 5.32 Å². The number of urea groups is 1. The summed E-state index contributed by atoms with van der Waals surface area (Å²) >= 11 is 0. The number of carbonyl (C=O) groups is 1. The number of anilines is 1. The number of benzene rings is 1. The van der Waals surface area contributed by atoms with Crippen LogP contribution in [-0.4, -0.2) is 26.4 Å². The van der Waals surface area contributed by atoms with Crippen molar-refractivity contribution in [2.24, 2.45) is 0 Å². The Labute approximate surface area is 134 Å². The minimum Gasteiger partial charge on any atom is -0.316 e. The molecule has 4 rings (SSSR count). The maximum atomic E-state index is 12.6. The van der Waals surface area contributed by atoms with E-state index in [1.807, 2.05) is 70.2 Å². The second-order valence-corrected chi connectivity index (χ2v) is 5.83. The number of pyridine rings is 1. The summed E-state index contributed by atoms with van der Waals surface area (Å²) in [4.78, 5) is 18.9. The minimum absolute atomic E-state index is 0.0513. The SMILES string of the molecule is O=C(Nc1ccccc1)N(Cc1cnc2ccccn12)C1CC1. The smallest absolute Gasteiger partial charge is 0.316 e. The van der Waals surface area contributed by atoms with Crippen LogP contribution in [0.5, 0.6) is 0 Å². The Morgan fingerprint density at radius 3 is 2.74 bits per heavy atom. The predicted molar refractivity (Wildman–Crippen MR) is 89.2 cm³/mol. The molecule has 1 aliphatic carbocycles. The summed E-state index contributed by atoms with van der Waals surface area (Å²) in [5.74, 6) is 0. The van der Waals surface area contributed by atoms with Gasteiger partial charge in [-0.3, -0.25) is 0 Å². The number of carbonyl (C=O) groups excluding carboxylic acids is 1. The summed E-state index contributed by atoms with van der Waals surface area (Å²) in [5.41, 5.74) is 2.75. The van der Waals surface area contributed by atoms with Gasteiger partial charge >= 0.3 is 6.03 Å². The lowest BCUT2D eigenvalue weighted by molar-refractivity contribution is 0.205. The molecule has 0 spiro atoms. The summed E-state index contributed by atoms with van der Waals surface area (Å²) in [6.45, 7) is 0.564. The second-order valence-electron chi connectivity index (χ2n) is 5.83. The van der Waals surface area contributed by atoms with Gasteiger partial charge in [0, 0.05) is 17.9 Å². The number of nitrogens with zero attached hydrogens (tertiary/aromatic N) is 3. The highest BCUT2D eigenvalue weighted by Crippen LogP contribution is 2.29. The first-order valence-corrected chi connectivity index (χ1v) is 7.85. The fourth-order valence-electron chi connectivity index (χ4n) is 2.75. The van der Waals surface area contributed by atoms with E-state index >= 15 is 0 Å². The maximum absolute atomic E-state index is 12.6. The summed E-state index contributed by atoms with van der Waals surface area (Å²) in [6, 6.07) is 15.8. The van der Waals surface area contributed by atoms with Crippen LogP contribution in [0.15, 0.2) is 60.9 Å². The zero-order valence-corrected chi connectivity index (χ0v) is 12.7. The molecule has 0 aliphatic heterocycles. The molecular formula is C18H18N4O. The molecule has 5 nitrogen and oxygen atoms in total. The standard InChI is InChI=1S/C18H18N4O/c23-18(20-14-6-2-1-3-7-14)22(15-9-10-15)13-16-12-19-17-8-4-5-11-21(16)17/h1-8,11-12,15H,9-10,13H2,(H,20,23). The number of hydrogen-bond acceptors (Lipinski definition) is 2. The van der Waals surface area contributed by atoms with Crippen molar-refractivity contribution in [2.45, 2.75) is 25.4 Å². The lowest BCUT2D eigenvalue weighted by atomic mass is 10.3. The quantitative estimate of drug-likeness (QED) is 0.801. The van der Waals surface area contributed by atoms with Crippen LogP contribution in [0.4, 0.5) is 10.5 Å². The normalized spacial score (nSPS) is 13.9. The van der Waals surface area contributed by atoms with Gasteiger partial charge in [0.2, 0.25) is 0 Å². The molecule has 23 heavy (non-hydrogen) atoms. The number of imidazole rings is 1. The fraction of sp³-hybridized carbons (Fsp3) is 0.222. The van der Waals surface area contributed by atoms with Crippen LogP contribution < -0.4 is 5.32 Å². The molecule has 3 aromatic rings. The van der Waals surface area contributed by atoms with E-state index in [1.165, 1.54) is 0 Å². The first-order valence-electron chi connectivity index (χ1n) is 7.85. The van der Waals surface area contributed by atoms with E-state index in [9.17, 15) is 4.79 Å². The van der Waals surface area contributed by atoms with Gasteiger partial charge in [0.15, 0.2) is 0 Å². The van der Waals surface area contributed by atoms with Crippen molar-refractivity contribution in [1.29, 1.82) is 0 Å². The van der Waals surface area contributed by atoms with E-state index < -0.39 is 0 Å². The van der Waals surface area contributed by atoms with Crippen LogP contribution in [0, 0.1) is 0 Å². The minimum atomic E-state index is -0.0513. The average molecular weight is 306 g/mol. The summed E-state index contributed by atoms with van der Waals surface area (Å²) in [7, 11) is 0. The molecule has 2 aromatic heterocycles. The van der Waals surface area contributed by atoms with Crippen LogP contribution in [0.2, 0.25) is 0 Å². The molecule has 2 heterocycles. The van der Waals surface area contributed by atoms with E-state index in [-0.39, 0.29) is 6.03 Å². The molecule has 0 unspecified atom stereocenters. The van der Waals surface area contributed by atoms with Crippen LogP contribution in [-0.2, 0) is 6.54 Å². The van der Waals surface area contributed by atoms with Gasteiger partial charge in [-0.15, -0.1) is 0 Å². The lowest BCUT2D eigenvalue weighted by Crippen LogP contribution is -2.36. The molecule has 5 heteroatoms. The Bertz CT molecular complexity index is 823. The monoisotopic (exact) mass is 306 g/mol. The molecule has 116 valence electrons. The number of amides is 2. The van der Waals surface area contributed by atoms with Crippen LogP contribution in [0.1, 0.15) is 18.5 Å². The van der Waals surface area contributed by atoms with E-state index in [1.54, 1.807) is 0 Å². The van der Waals surface area contributed by atoms with Gasteiger partial charge in [0.1, 0.15) is 5.65 Å². The molecule has 1 aliphatic rings. The first kappa shape index (κ1) is 13.8. The number of nitrogens with one attached hydrogen (secondary N) is 1. The van der Waals surface area contributed by atoms with Crippen molar-refractivity contribution >= 4 is 17.4 Å². The molecule has 1 aromatic carbocycles. The number of hydrogen-bond donors (Lipinski definition) is 1. The topological polar surface area (TPSA) is 49.6 Å². The van der Waals surface area contributed by atoms with Gasteiger partial charge in [0.25, 0.3) is 0 Å². The highest BCUT2D eigenvalue weighted by Gasteiger charge is 2.33. The van der Waals surface area contributed by atoms with Crippen LogP contribution >= 0.6 is 0 Å². The Hall–Kier alpha value is -2.82. The summed E-state index contributed by atoms with van der Waals surface area (Å²) in [6.07, 6.45) is 5.97. The maximum Gasteiger partial charge on any atom is 0.322 e. The Balaban J connectivity index is 1.55. The Kier molecular flexibility index (Phi) is 3.46. The molecule has 2 amide bonds. The number of rotatable bonds is 4. The zero-order valence-electron chi connectivity index (χ0n) is 12.7. The van der Waals surface area contributed by atoms with Crippen LogP contribution in [0.3, 0.4) is 0 Å². The van der Waals surface area contributed by atoms with Crippen molar-refractivity contribution in [3.8, 4) is 0 Å². The first-order chi connectivity index (χ1) is 11.3. The number of fused-ring (bicyclic) bond motifs is 1. The van der Waals surface area contributed by atoms with E-state index in [2.05, 4.69) is 10.3 Å². The zero-order chi connectivity index (χ0) is 15.6. The van der Waals surface area contributed by atoms with Gasteiger partial charge in [-0.2, -0.15) is 0 Å². The highest BCUT2D eigenvalue weighted by atomic mass is 16.2. The third kappa shape index (κ3) is 2.90. The Morgan fingerprint density at radius 1 is 1.17 bits per heavy atom. The summed E-state index contributed by atoms with van der Waals surface area (Å²) in [5, 5.41) is 2.98. The third-order valence-corrected chi connectivity index (χ3v) is 4.10. The second kappa shape index (κ2) is 5.76. The lowest BCUT2D eigenvalue weighted by Gasteiger charge is -2.22. The molecule has 0 radical (unpaired) electrons. The predicted octanol–water partition coefficient (Wildman–Crippen LogP) is 3.53. The molecule has 1 saturated carbocycles. The van der Waals surface area contributed by atoms with Gasteiger partial charge in [-0.05, 0) is 37.1 Å². The number of aromatic nitrogens is 2. The molecular weight excluding hydrogens is 288 g/mol. The number of para-hydroxylation sites is 1. The highest BCUT2D eigenvalue weighted by molar-refractivity contribution is 5.89. The molecule has 1 N–H and O–H groups in total. The van der Waals surface area contributed by atoms with Crippen molar-refractivity contribution < 1.29 is 4.79 Å². The molecule has 1 fully saturated rings. The van der Waals surface area contributed by atoms with Crippen molar-refractivity contribution in [3.05, 3.63) is 66.6 Å². The van der Waals surface area contributed by atoms with E-state index in [4.69, 9.17) is 0 Å². The van der Waals surface area contributed by atoms with Gasteiger partial charge < -0.3 is 14.6 Å². The van der Waals surface area contributed by atoms with Gasteiger partial charge in [-0.25, -0.2) is 9.78 Å². The van der Waals surface area contributed by atoms with Crippen LogP contribution in [0.25, 0.3) is 5.65 Å². The Morgan fingerprint density at radius 2 is 1.96 bits per heavy atom. The molecule has 0 saturated heterocycles. The van der Waals surface area contributed by atoms with E-state index in [0.717, 1.165) is 29.9 Å². The molecule has 0 atom stereocenters. The third-order valence-electron chi connectivity index (χ3n) is 4.10. The van der Waals surface area contributed by atoms with E-state index in [0.29, 0.717) is 12.6 Å². The largest absolute Gasteiger partial charge is 0.322 e. The fourth-order valence-corrected chi connectivity index (χ4v) is 2.75. The van der Waals surface area contributed by atoms with Crippen molar-refractivity contribution in [1.82, 2.24) is 14.3 Å². The van der Waals surface area contributed by atoms with Gasteiger partial charge in [-0.1, -0.05) is 24.3 Å². The van der Waals surface area contributed by atoms with Gasteiger partial charge in [0.05, 0.1) is 18.4 Å².